The van der Waals surface area contributed by atoms with Crippen LogP contribution in [0.15, 0.2) is 16.1 Å². The predicted molar refractivity (Wildman–Crippen MR) is 45.6 cm³/mol. The van der Waals surface area contributed by atoms with Crippen molar-refractivity contribution in [2.75, 3.05) is 0 Å². The van der Waals surface area contributed by atoms with E-state index in [1.807, 2.05) is 6.21 Å². The molecule has 56 valence electrons. The van der Waals surface area contributed by atoms with Crippen molar-refractivity contribution in [1.82, 2.24) is 0 Å². The van der Waals surface area contributed by atoms with E-state index >= 15 is 0 Å². The molecule has 1 heterocycles. The fourth-order valence-electron chi connectivity index (χ4n) is 1.35. The van der Waals surface area contributed by atoms with Crippen molar-refractivity contribution < 1.29 is 0 Å². The van der Waals surface area contributed by atoms with Gasteiger partial charge in [0.15, 0.2) is 0 Å². The van der Waals surface area contributed by atoms with Crippen LogP contribution in [0.2, 0.25) is 0 Å². The first-order chi connectivity index (χ1) is 4.74. The summed E-state index contributed by atoms with van der Waals surface area (Å²) in [4.78, 5) is 4.35. The Kier molecular flexibility index (Phi) is 2.25. The Morgan fingerprint density at radius 2 is 2.40 bits per heavy atom. The van der Waals surface area contributed by atoms with Crippen LogP contribution in [0.4, 0.5) is 0 Å². The van der Waals surface area contributed by atoms with Crippen LogP contribution in [0.5, 0.6) is 0 Å². The Morgan fingerprint density at radius 1 is 1.70 bits per heavy atom. The van der Waals surface area contributed by atoms with E-state index in [2.05, 4.69) is 25.8 Å². The van der Waals surface area contributed by atoms with Gasteiger partial charge in [0.2, 0.25) is 0 Å². The maximum absolute atomic E-state index is 4.35. The minimum Gasteiger partial charge on any atom is -0.290 e. The molecule has 1 rings (SSSR count). The van der Waals surface area contributed by atoms with Crippen molar-refractivity contribution in [3.05, 3.63) is 11.1 Å². The summed E-state index contributed by atoms with van der Waals surface area (Å²) < 4.78 is 0. The molecule has 0 saturated carbocycles. The summed E-state index contributed by atoms with van der Waals surface area (Å²) >= 11 is 0. The lowest BCUT2D eigenvalue weighted by molar-refractivity contribution is 0.718. The first-order valence-electron chi connectivity index (χ1n) is 3.95. The van der Waals surface area contributed by atoms with Gasteiger partial charge in [-0.05, 0) is 32.3 Å². The van der Waals surface area contributed by atoms with Gasteiger partial charge < -0.3 is 0 Å². The third-order valence-corrected chi connectivity index (χ3v) is 2.02. The van der Waals surface area contributed by atoms with E-state index in [0.29, 0.717) is 6.04 Å². The molecule has 1 nitrogen and oxygen atoms in total. The van der Waals surface area contributed by atoms with Crippen LogP contribution in [-0.2, 0) is 0 Å². The van der Waals surface area contributed by atoms with Crippen molar-refractivity contribution in [3.8, 4) is 0 Å². The Morgan fingerprint density at radius 3 is 2.90 bits per heavy atom. The maximum Gasteiger partial charge on any atom is 0.0508 e. The van der Waals surface area contributed by atoms with E-state index in [1.54, 1.807) is 0 Å². The monoisotopic (exact) mass is 137 g/mol. The lowest BCUT2D eigenvalue weighted by Crippen LogP contribution is -2.07. The van der Waals surface area contributed by atoms with Crippen LogP contribution in [0.3, 0.4) is 0 Å². The zero-order valence-electron chi connectivity index (χ0n) is 7.02. The largest absolute Gasteiger partial charge is 0.290 e. The Balaban J connectivity index is 2.73. The van der Waals surface area contributed by atoms with Gasteiger partial charge in [-0.3, -0.25) is 4.99 Å². The summed E-state index contributed by atoms with van der Waals surface area (Å²) in [5.41, 5.74) is 2.95. The fraction of sp³-hybridized carbons (Fsp3) is 0.667. The first-order valence-corrected chi connectivity index (χ1v) is 3.95. The molecule has 1 aliphatic rings. The molecule has 0 radical (unpaired) electrons. The van der Waals surface area contributed by atoms with E-state index < -0.39 is 0 Å². The van der Waals surface area contributed by atoms with Gasteiger partial charge in [-0.15, -0.1) is 0 Å². The molecule has 0 amide bonds. The Bertz CT molecular complexity index is 177. The van der Waals surface area contributed by atoms with Crippen LogP contribution in [0.25, 0.3) is 0 Å². The van der Waals surface area contributed by atoms with E-state index in [1.165, 1.54) is 11.1 Å². The third-order valence-electron chi connectivity index (χ3n) is 2.02. The van der Waals surface area contributed by atoms with Gasteiger partial charge in [0.1, 0.15) is 0 Å². The molecule has 10 heavy (non-hydrogen) atoms. The van der Waals surface area contributed by atoms with E-state index in [-0.39, 0.29) is 0 Å². The summed E-state index contributed by atoms with van der Waals surface area (Å²) in [5.74, 6) is 0. The summed E-state index contributed by atoms with van der Waals surface area (Å²) in [6, 6.07) is 0.510. The van der Waals surface area contributed by atoms with E-state index in [0.717, 1.165) is 12.8 Å². The molecule has 0 saturated heterocycles. The standard InChI is InChI=1S/C9H15N/c1-4-9-6-10-8(3)5-7(9)2/h6,8H,4-5H2,1-3H3. The normalized spacial score (nSPS) is 25.7. The quantitative estimate of drug-likeness (QED) is 0.526. The predicted octanol–water partition coefficient (Wildman–Crippen LogP) is 2.58. The van der Waals surface area contributed by atoms with Crippen LogP contribution in [0.1, 0.15) is 33.6 Å². The molecule has 0 N–H and O–H groups in total. The Hall–Kier alpha value is -0.590. The van der Waals surface area contributed by atoms with E-state index in [4.69, 9.17) is 0 Å². The smallest absolute Gasteiger partial charge is 0.0508 e. The minimum absolute atomic E-state index is 0.510. The number of hydrogen-bond acceptors (Lipinski definition) is 1. The molecule has 1 aliphatic heterocycles. The number of nitrogens with zero attached hydrogens (tertiary/aromatic N) is 1. The van der Waals surface area contributed by atoms with Gasteiger partial charge in [-0.25, -0.2) is 0 Å². The molecule has 0 bridgehead atoms. The van der Waals surface area contributed by atoms with Crippen molar-refractivity contribution in [2.45, 2.75) is 39.7 Å². The SMILES string of the molecule is CCC1=C(C)CC(C)N=C1. The lowest BCUT2D eigenvalue weighted by atomic mass is 9.99. The highest BCUT2D eigenvalue weighted by atomic mass is 14.8. The fourth-order valence-corrected chi connectivity index (χ4v) is 1.35. The highest BCUT2D eigenvalue weighted by Gasteiger charge is 2.07. The lowest BCUT2D eigenvalue weighted by Gasteiger charge is -2.15. The molecule has 1 heteroatoms. The van der Waals surface area contributed by atoms with Gasteiger partial charge in [0, 0.05) is 6.21 Å². The molecule has 0 spiro atoms. The second-order valence-electron chi connectivity index (χ2n) is 2.99. The van der Waals surface area contributed by atoms with Gasteiger partial charge in [-0.2, -0.15) is 0 Å². The summed E-state index contributed by atoms with van der Waals surface area (Å²) in [6.45, 7) is 6.55. The first kappa shape index (κ1) is 7.52. The molecular weight excluding hydrogens is 122 g/mol. The molecule has 0 fully saturated rings. The second kappa shape index (κ2) is 3.00. The van der Waals surface area contributed by atoms with Crippen molar-refractivity contribution >= 4 is 6.21 Å². The summed E-state index contributed by atoms with van der Waals surface area (Å²) in [5, 5.41) is 0. The number of rotatable bonds is 1. The van der Waals surface area contributed by atoms with Gasteiger partial charge >= 0.3 is 0 Å². The summed E-state index contributed by atoms with van der Waals surface area (Å²) in [6.07, 6.45) is 4.31. The molecule has 1 unspecified atom stereocenters. The second-order valence-corrected chi connectivity index (χ2v) is 2.99. The third kappa shape index (κ3) is 1.47. The van der Waals surface area contributed by atoms with Crippen molar-refractivity contribution in [3.63, 3.8) is 0 Å². The molecule has 0 aromatic rings. The minimum atomic E-state index is 0.510. The average Bonchev–Trinajstić information content (AvgIpc) is 1.88. The molecule has 1 atom stereocenters. The van der Waals surface area contributed by atoms with Crippen molar-refractivity contribution in [1.29, 1.82) is 0 Å². The number of dihydropyridines is 1. The van der Waals surface area contributed by atoms with Gasteiger partial charge in [0.05, 0.1) is 6.04 Å². The highest BCUT2D eigenvalue weighted by Crippen LogP contribution is 2.18. The van der Waals surface area contributed by atoms with Gasteiger partial charge in [0.25, 0.3) is 0 Å². The zero-order chi connectivity index (χ0) is 7.56. The molecular formula is C9H15N. The van der Waals surface area contributed by atoms with Crippen LogP contribution in [0, 0.1) is 0 Å². The molecule has 0 aliphatic carbocycles. The zero-order valence-corrected chi connectivity index (χ0v) is 7.02. The van der Waals surface area contributed by atoms with Gasteiger partial charge in [-0.1, -0.05) is 12.5 Å². The van der Waals surface area contributed by atoms with Crippen LogP contribution < -0.4 is 0 Å². The molecule has 0 aromatic carbocycles. The highest BCUT2D eigenvalue weighted by molar-refractivity contribution is 5.80. The topological polar surface area (TPSA) is 12.4 Å². The maximum atomic E-state index is 4.35. The number of allylic oxidation sites excluding steroid dienone is 1. The molecule has 0 aromatic heterocycles. The van der Waals surface area contributed by atoms with Crippen LogP contribution in [-0.4, -0.2) is 12.3 Å². The Labute approximate surface area is 62.9 Å². The van der Waals surface area contributed by atoms with E-state index in [9.17, 15) is 0 Å². The van der Waals surface area contributed by atoms with Crippen molar-refractivity contribution in [2.24, 2.45) is 4.99 Å². The number of aliphatic imine (C=N–C) groups is 1. The number of hydrogen-bond donors (Lipinski definition) is 0. The average molecular weight is 137 g/mol. The van der Waals surface area contributed by atoms with Crippen LogP contribution >= 0.6 is 0 Å². The summed E-state index contributed by atoms with van der Waals surface area (Å²) in [7, 11) is 0.